The Balaban J connectivity index is 2.75. The van der Waals surface area contributed by atoms with E-state index in [0.717, 1.165) is 6.42 Å². The van der Waals surface area contributed by atoms with Gasteiger partial charge < -0.3 is 0 Å². The summed E-state index contributed by atoms with van der Waals surface area (Å²) in [5.41, 5.74) is 0. The molecule has 1 saturated carbocycles. The molecule has 0 saturated heterocycles. The van der Waals surface area contributed by atoms with Crippen molar-refractivity contribution >= 4 is 17.3 Å². The van der Waals surface area contributed by atoms with Gasteiger partial charge in [-0.1, -0.05) is 20.3 Å². The first-order valence-corrected chi connectivity index (χ1v) is 5.18. The predicted molar refractivity (Wildman–Crippen MR) is 51.8 cm³/mol. The Morgan fingerprint density at radius 2 is 1.71 bits per heavy atom. The number of rotatable bonds is 3. The van der Waals surface area contributed by atoms with Crippen molar-refractivity contribution in [2.24, 2.45) is 11.8 Å². The SMILES string of the molecule is CCC(=O)C1C(=O)CC(CC)CC1=O. The summed E-state index contributed by atoms with van der Waals surface area (Å²) in [5, 5.41) is 0. The topological polar surface area (TPSA) is 51.2 Å². The molecule has 1 aliphatic carbocycles. The molecule has 0 spiro atoms. The van der Waals surface area contributed by atoms with E-state index in [-0.39, 0.29) is 29.7 Å². The number of ketones is 3. The van der Waals surface area contributed by atoms with Crippen LogP contribution in [-0.2, 0) is 14.4 Å². The first-order valence-electron chi connectivity index (χ1n) is 5.18. The molecular formula is C11H16O3. The third-order valence-corrected chi connectivity index (χ3v) is 2.87. The summed E-state index contributed by atoms with van der Waals surface area (Å²) in [6.45, 7) is 3.65. The van der Waals surface area contributed by atoms with Crippen LogP contribution >= 0.6 is 0 Å². The highest BCUT2D eigenvalue weighted by molar-refractivity contribution is 6.20. The van der Waals surface area contributed by atoms with Crippen LogP contribution in [0.3, 0.4) is 0 Å². The summed E-state index contributed by atoms with van der Waals surface area (Å²) in [6, 6.07) is 0. The van der Waals surface area contributed by atoms with E-state index in [4.69, 9.17) is 0 Å². The van der Waals surface area contributed by atoms with Gasteiger partial charge in [0.05, 0.1) is 0 Å². The van der Waals surface area contributed by atoms with Crippen molar-refractivity contribution < 1.29 is 14.4 Å². The zero-order valence-electron chi connectivity index (χ0n) is 8.71. The fourth-order valence-electron chi connectivity index (χ4n) is 1.91. The van der Waals surface area contributed by atoms with Gasteiger partial charge in [0.1, 0.15) is 5.92 Å². The van der Waals surface area contributed by atoms with Crippen LogP contribution in [0.5, 0.6) is 0 Å². The molecule has 3 nitrogen and oxygen atoms in total. The number of Topliss-reactive ketones (excluding diaryl/α,β-unsaturated/α-hetero) is 3. The molecule has 3 heteroatoms. The Morgan fingerprint density at radius 1 is 1.21 bits per heavy atom. The molecule has 1 aliphatic rings. The maximum atomic E-state index is 11.5. The van der Waals surface area contributed by atoms with Gasteiger partial charge in [-0.05, 0) is 5.92 Å². The van der Waals surface area contributed by atoms with Crippen molar-refractivity contribution in [3.8, 4) is 0 Å². The fraction of sp³-hybridized carbons (Fsp3) is 0.727. The van der Waals surface area contributed by atoms with Gasteiger partial charge in [0.15, 0.2) is 17.3 Å². The zero-order chi connectivity index (χ0) is 10.7. The lowest BCUT2D eigenvalue weighted by molar-refractivity contribution is -0.143. The van der Waals surface area contributed by atoms with E-state index in [1.54, 1.807) is 6.92 Å². The third-order valence-electron chi connectivity index (χ3n) is 2.87. The highest BCUT2D eigenvalue weighted by Crippen LogP contribution is 2.26. The van der Waals surface area contributed by atoms with Crippen LogP contribution in [0.1, 0.15) is 39.5 Å². The summed E-state index contributed by atoms with van der Waals surface area (Å²) in [6.07, 6.45) is 1.92. The highest BCUT2D eigenvalue weighted by Gasteiger charge is 2.38. The standard InChI is InChI=1S/C11H16O3/c1-3-7-5-9(13)11(8(12)4-2)10(14)6-7/h7,11H,3-6H2,1-2H3. The van der Waals surface area contributed by atoms with E-state index in [2.05, 4.69) is 0 Å². The molecule has 0 amide bonds. The largest absolute Gasteiger partial charge is 0.298 e. The Bertz CT molecular complexity index is 250. The van der Waals surface area contributed by atoms with Crippen molar-refractivity contribution in [2.45, 2.75) is 39.5 Å². The Labute approximate surface area is 83.9 Å². The van der Waals surface area contributed by atoms with Gasteiger partial charge >= 0.3 is 0 Å². The molecule has 14 heavy (non-hydrogen) atoms. The Hall–Kier alpha value is -0.990. The van der Waals surface area contributed by atoms with Crippen LogP contribution in [0.15, 0.2) is 0 Å². The minimum atomic E-state index is -0.928. The van der Waals surface area contributed by atoms with Gasteiger partial charge in [-0.3, -0.25) is 14.4 Å². The molecule has 0 aliphatic heterocycles. The van der Waals surface area contributed by atoms with Gasteiger partial charge in [-0.25, -0.2) is 0 Å². The normalized spacial score (nSPS) is 27.9. The molecular weight excluding hydrogens is 180 g/mol. The van der Waals surface area contributed by atoms with Crippen molar-refractivity contribution in [2.75, 3.05) is 0 Å². The molecule has 78 valence electrons. The number of carbonyl (C=O) groups is 3. The quantitative estimate of drug-likeness (QED) is 0.643. The zero-order valence-corrected chi connectivity index (χ0v) is 8.71. The van der Waals surface area contributed by atoms with Gasteiger partial charge in [-0.2, -0.15) is 0 Å². The van der Waals surface area contributed by atoms with Gasteiger partial charge in [0, 0.05) is 19.3 Å². The van der Waals surface area contributed by atoms with Crippen molar-refractivity contribution in [1.82, 2.24) is 0 Å². The second kappa shape index (κ2) is 4.49. The molecule has 0 aromatic carbocycles. The predicted octanol–water partition coefficient (Wildman–Crippen LogP) is 1.54. The maximum absolute atomic E-state index is 11.5. The Morgan fingerprint density at radius 3 is 2.07 bits per heavy atom. The molecule has 0 unspecified atom stereocenters. The second-order valence-corrected chi connectivity index (χ2v) is 3.87. The lowest BCUT2D eigenvalue weighted by Crippen LogP contribution is -2.38. The monoisotopic (exact) mass is 196 g/mol. The molecule has 1 fully saturated rings. The third kappa shape index (κ3) is 2.08. The summed E-state index contributed by atoms with van der Waals surface area (Å²) in [5.74, 6) is -1.31. The van der Waals surface area contributed by atoms with Crippen molar-refractivity contribution in [3.05, 3.63) is 0 Å². The van der Waals surface area contributed by atoms with E-state index < -0.39 is 5.92 Å². The summed E-state index contributed by atoms with van der Waals surface area (Å²) in [4.78, 5) is 34.4. The minimum Gasteiger partial charge on any atom is -0.298 e. The van der Waals surface area contributed by atoms with Crippen LogP contribution in [0.4, 0.5) is 0 Å². The first-order chi connectivity index (χ1) is 6.60. The van der Waals surface area contributed by atoms with Crippen LogP contribution < -0.4 is 0 Å². The maximum Gasteiger partial charge on any atom is 0.151 e. The molecule has 0 radical (unpaired) electrons. The van der Waals surface area contributed by atoms with E-state index in [1.165, 1.54) is 0 Å². The van der Waals surface area contributed by atoms with E-state index in [1.807, 2.05) is 6.92 Å². The average Bonchev–Trinajstić information content (AvgIpc) is 2.16. The molecule has 0 N–H and O–H groups in total. The van der Waals surface area contributed by atoms with E-state index >= 15 is 0 Å². The molecule has 0 heterocycles. The highest BCUT2D eigenvalue weighted by atomic mass is 16.2. The molecule has 1 rings (SSSR count). The Kier molecular flexibility index (Phi) is 3.55. The second-order valence-electron chi connectivity index (χ2n) is 3.87. The fourth-order valence-corrected chi connectivity index (χ4v) is 1.91. The van der Waals surface area contributed by atoms with E-state index in [9.17, 15) is 14.4 Å². The number of hydrogen-bond acceptors (Lipinski definition) is 3. The van der Waals surface area contributed by atoms with Crippen LogP contribution in [0.25, 0.3) is 0 Å². The average molecular weight is 196 g/mol. The minimum absolute atomic E-state index is 0.163. The molecule has 0 atom stereocenters. The first kappa shape index (κ1) is 11.1. The number of carbonyl (C=O) groups excluding carboxylic acids is 3. The van der Waals surface area contributed by atoms with Gasteiger partial charge in [0.25, 0.3) is 0 Å². The lowest BCUT2D eigenvalue weighted by Gasteiger charge is -2.24. The summed E-state index contributed by atoms with van der Waals surface area (Å²) < 4.78 is 0. The number of hydrogen-bond donors (Lipinski definition) is 0. The molecule has 0 aromatic rings. The van der Waals surface area contributed by atoms with E-state index in [0.29, 0.717) is 12.8 Å². The van der Waals surface area contributed by atoms with Gasteiger partial charge in [0.2, 0.25) is 0 Å². The van der Waals surface area contributed by atoms with Crippen molar-refractivity contribution in [3.63, 3.8) is 0 Å². The van der Waals surface area contributed by atoms with Crippen LogP contribution in [0, 0.1) is 11.8 Å². The summed E-state index contributed by atoms with van der Waals surface area (Å²) >= 11 is 0. The van der Waals surface area contributed by atoms with Crippen LogP contribution in [-0.4, -0.2) is 17.3 Å². The smallest absolute Gasteiger partial charge is 0.151 e. The molecule has 0 aromatic heterocycles. The molecule has 0 bridgehead atoms. The van der Waals surface area contributed by atoms with Gasteiger partial charge in [-0.15, -0.1) is 0 Å². The van der Waals surface area contributed by atoms with Crippen LogP contribution in [0.2, 0.25) is 0 Å². The summed E-state index contributed by atoms with van der Waals surface area (Å²) in [7, 11) is 0. The van der Waals surface area contributed by atoms with Crippen molar-refractivity contribution in [1.29, 1.82) is 0 Å². The lowest BCUT2D eigenvalue weighted by atomic mass is 9.76.